The van der Waals surface area contributed by atoms with Gasteiger partial charge in [-0.3, -0.25) is 4.79 Å². The van der Waals surface area contributed by atoms with Crippen LogP contribution in [0.5, 0.6) is 0 Å². The smallest absolute Gasteiger partial charge is 0.227 e. The fourth-order valence-corrected chi connectivity index (χ4v) is 2.97. The average molecular weight is 340 g/mol. The zero-order valence-corrected chi connectivity index (χ0v) is 14.4. The van der Waals surface area contributed by atoms with Gasteiger partial charge in [0.1, 0.15) is 0 Å². The van der Waals surface area contributed by atoms with Gasteiger partial charge in [0.05, 0.1) is 0 Å². The Morgan fingerprint density at radius 3 is 2.30 bits per heavy atom. The van der Waals surface area contributed by atoms with E-state index in [-0.39, 0.29) is 5.91 Å². The zero-order valence-electron chi connectivity index (χ0n) is 12.9. The van der Waals surface area contributed by atoms with Gasteiger partial charge in [-0.15, -0.1) is 0 Å². The number of amides is 1. The molecule has 1 amide bonds. The van der Waals surface area contributed by atoms with Crippen LogP contribution in [0.2, 0.25) is 0 Å². The zero-order chi connectivity index (χ0) is 15.0. The molecule has 0 bridgehead atoms. The van der Waals surface area contributed by atoms with Crippen molar-refractivity contribution >= 4 is 27.5 Å². The van der Waals surface area contributed by atoms with Gasteiger partial charge in [-0.1, -0.05) is 55.6 Å². The molecule has 20 heavy (non-hydrogen) atoms. The summed E-state index contributed by atoms with van der Waals surface area (Å²) in [6.07, 6.45) is 5.86. The molecule has 0 saturated heterocycles. The Labute approximate surface area is 131 Å². The highest BCUT2D eigenvalue weighted by Crippen LogP contribution is 2.26. The number of hydrogen-bond acceptors (Lipinski definition) is 1. The molecule has 1 rings (SSSR count). The monoisotopic (exact) mass is 339 g/mol. The predicted molar refractivity (Wildman–Crippen MR) is 90.1 cm³/mol. The SMILES string of the molecule is CCCC(=O)N(c1cccc(Br)c1)C(CCC)CCC. The number of carbonyl (C=O) groups is 1. The van der Waals surface area contributed by atoms with Gasteiger partial charge in [-0.2, -0.15) is 0 Å². The summed E-state index contributed by atoms with van der Waals surface area (Å²) >= 11 is 3.51. The van der Waals surface area contributed by atoms with E-state index >= 15 is 0 Å². The van der Waals surface area contributed by atoms with Crippen LogP contribution in [0.25, 0.3) is 0 Å². The molecule has 0 aromatic heterocycles. The number of benzene rings is 1. The molecule has 3 heteroatoms. The van der Waals surface area contributed by atoms with E-state index < -0.39 is 0 Å². The van der Waals surface area contributed by atoms with Crippen molar-refractivity contribution in [3.05, 3.63) is 28.7 Å². The Bertz CT molecular complexity index is 413. The van der Waals surface area contributed by atoms with Crippen LogP contribution >= 0.6 is 15.9 Å². The van der Waals surface area contributed by atoms with Crippen molar-refractivity contribution in [2.45, 2.75) is 65.3 Å². The Hall–Kier alpha value is -0.830. The molecule has 0 radical (unpaired) electrons. The Morgan fingerprint density at radius 2 is 1.80 bits per heavy atom. The van der Waals surface area contributed by atoms with Crippen LogP contribution in [0, 0.1) is 0 Å². The van der Waals surface area contributed by atoms with Crippen molar-refractivity contribution in [3.63, 3.8) is 0 Å². The molecule has 1 aromatic carbocycles. The lowest BCUT2D eigenvalue weighted by Crippen LogP contribution is -2.40. The predicted octanol–water partition coefficient (Wildman–Crippen LogP) is 5.55. The third-order valence-corrected chi connectivity index (χ3v) is 3.92. The second kappa shape index (κ2) is 9.17. The van der Waals surface area contributed by atoms with E-state index in [1.807, 2.05) is 29.2 Å². The number of hydrogen-bond donors (Lipinski definition) is 0. The summed E-state index contributed by atoms with van der Waals surface area (Å²) in [5.74, 6) is 0.248. The van der Waals surface area contributed by atoms with Crippen LogP contribution in [0.3, 0.4) is 0 Å². The van der Waals surface area contributed by atoms with E-state index in [2.05, 4.69) is 36.7 Å². The van der Waals surface area contributed by atoms with Crippen molar-refractivity contribution in [1.29, 1.82) is 0 Å². The standard InChI is InChI=1S/C17H26BrNO/c1-4-8-15(9-5-2)19(17(20)10-6-3)16-12-7-11-14(18)13-16/h7,11-13,15H,4-6,8-10H2,1-3H3. The average Bonchev–Trinajstić information content (AvgIpc) is 2.40. The molecule has 0 aliphatic heterocycles. The van der Waals surface area contributed by atoms with E-state index in [4.69, 9.17) is 0 Å². The molecule has 0 unspecified atom stereocenters. The summed E-state index contributed by atoms with van der Waals surface area (Å²) in [6, 6.07) is 8.40. The molecule has 0 atom stereocenters. The first-order valence-corrected chi connectivity index (χ1v) is 8.50. The molecule has 2 nitrogen and oxygen atoms in total. The maximum Gasteiger partial charge on any atom is 0.227 e. The van der Waals surface area contributed by atoms with E-state index in [0.717, 1.165) is 42.3 Å². The van der Waals surface area contributed by atoms with Crippen molar-refractivity contribution < 1.29 is 4.79 Å². The van der Waals surface area contributed by atoms with Crippen LogP contribution in [0.1, 0.15) is 59.3 Å². The van der Waals surface area contributed by atoms with Crippen molar-refractivity contribution in [3.8, 4) is 0 Å². The van der Waals surface area contributed by atoms with Crippen LogP contribution in [-0.4, -0.2) is 11.9 Å². The first-order valence-electron chi connectivity index (χ1n) is 7.71. The minimum absolute atomic E-state index is 0.248. The maximum absolute atomic E-state index is 12.6. The second-order valence-electron chi connectivity index (χ2n) is 5.22. The fourth-order valence-electron chi connectivity index (χ4n) is 2.59. The van der Waals surface area contributed by atoms with Gasteiger partial charge >= 0.3 is 0 Å². The first-order chi connectivity index (χ1) is 9.63. The van der Waals surface area contributed by atoms with Gasteiger partial charge < -0.3 is 4.90 Å². The van der Waals surface area contributed by atoms with Crippen molar-refractivity contribution in [2.75, 3.05) is 4.90 Å². The molecule has 0 fully saturated rings. The lowest BCUT2D eigenvalue weighted by atomic mass is 10.0. The molecule has 1 aromatic rings. The molecule has 112 valence electrons. The van der Waals surface area contributed by atoms with Gasteiger partial charge in [0.2, 0.25) is 5.91 Å². The highest BCUT2D eigenvalue weighted by Gasteiger charge is 2.23. The van der Waals surface area contributed by atoms with Crippen molar-refractivity contribution in [2.24, 2.45) is 0 Å². The van der Waals surface area contributed by atoms with Crippen LogP contribution in [-0.2, 0) is 4.79 Å². The van der Waals surface area contributed by atoms with E-state index in [0.29, 0.717) is 12.5 Å². The number of carbonyl (C=O) groups excluding carboxylic acids is 1. The van der Waals surface area contributed by atoms with E-state index in [1.165, 1.54) is 0 Å². The minimum Gasteiger partial charge on any atom is -0.309 e. The molecule has 0 saturated carbocycles. The van der Waals surface area contributed by atoms with Crippen LogP contribution in [0.15, 0.2) is 28.7 Å². The van der Waals surface area contributed by atoms with Gasteiger partial charge in [0, 0.05) is 22.6 Å². The molecule has 0 heterocycles. The lowest BCUT2D eigenvalue weighted by molar-refractivity contribution is -0.119. The number of anilines is 1. The summed E-state index contributed by atoms with van der Waals surface area (Å²) in [6.45, 7) is 6.43. The molecule has 0 aliphatic rings. The van der Waals surface area contributed by atoms with Gasteiger partial charge in [-0.05, 0) is 37.5 Å². The van der Waals surface area contributed by atoms with Crippen molar-refractivity contribution in [1.82, 2.24) is 0 Å². The van der Waals surface area contributed by atoms with Gasteiger partial charge in [0.25, 0.3) is 0 Å². The highest BCUT2D eigenvalue weighted by molar-refractivity contribution is 9.10. The maximum atomic E-state index is 12.6. The normalized spacial score (nSPS) is 10.8. The Balaban J connectivity index is 3.08. The topological polar surface area (TPSA) is 20.3 Å². The Kier molecular flexibility index (Phi) is 7.90. The summed E-state index contributed by atoms with van der Waals surface area (Å²) in [7, 11) is 0. The highest BCUT2D eigenvalue weighted by atomic mass is 79.9. The summed E-state index contributed by atoms with van der Waals surface area (Å²) < 4.78 is 1.02. The van der Waals surface area contributed by atoms with Crippen LogP contribution < -0.4 is 4.90 Å². The summed E-state index contributed by atoms with van der Waals surface area (Å²) in [5.41, 5.74) is 1.02. The molecule has 0 spiro atoms. The molecular weight excluding hydrogens is 314 g/mol. The number of nitrogens with zero attached hydrogens (tertiary/aromatic N) is 1. The largest absolute Gasteiger partial charge is 0.309 e. The van der Waals surface area contributed by atoms with Gasteiger partial charge in [-0.25, -0.2) is 0 Å². The molecule has 0 aliphatic carbocycles. The number of halogens is 1. The quantitative estimate of drug-likeness (QED) is 0.607. The third kappa shape index (κ3) is 4.93. The minimum atomic E-state index is 0.248. The molecule has 0 N–H and O–H groups in total. The van der Waals surface area contributed by atoms with Crippen LogP contribution in [0.4, 0.5) is 5.69 Å². The molecular formula is C17H26BrNO. The second-order valence-corrected chi connectivity index (χ2v) is 6.14. The lowest BCUT2D eigenvalue weighted by Gasteiger charge is -2.32. The third-order valence-electron chi connectivity index (χ3n) is 3.43. The summed E-state index contributed by atoms with van der Waals surface area (Å²) in [5, 5.41) is 0. The first kappa shape index (κ1) is 17.2. The van der Waals surface area contributed by atoms with E-state index in [9.17, 15) is 4.79 Å². The van der Waals surface area contributed by atoms with E-state index in [1.54, 1.807) is 0 Å². The Morgan fingerprint density at radius 1 is 1.15 bits per heavy atom. The summed E-state index contributed by atoms with van der Waals surface area (Å²) in [4.78, 5) is 14.6. The number of rotatable bonds is 8. The fraction of sp³-hybridized carbons (Fsp3) is 0.588. The van der Waals surface area contributed by atoms with Gasteiger partial charge in [0.15, 0.2) is 0 Å².